The molecule has 0 fully saturated rings. The predicted molar refractivity (Wildman–Crippen MR) is 102 cm³/mol. The molecule has 0 aliphatic heterocycles. The van der Waals surface area contributed by atoms with Gasteiger partial charge in [0.05, 0.1) is 5.52 Å². The van der Waals surface area contributed by atoms with Crippen molar-refractivity contribution < 1.29 is 4.42 Å². The summed E-state index contributed by atoms with van der Waals surface area (Å²) in [4.78, 5) is 13.0. The molecule has 2 aromatic heterocycles. The fourth-order valence-corrected chi connectivity index (χ4v) is 3.33. The van der Waals surface area contributed by atoms with E-state index in [4.69, 9.17) is 16.0 Å². The maximum atomic E-state index is 13.0. The first-order valence-electron chi connectivity index (χ1n) is 8.25. The van der Waals surface area contributed by atoms with Gasteiger partial charge < -0.3 is 4.42 Å². The monoisotopic (exact) mass is 365 g/mol. The molecule has 0 N–H and O–H groups in total. The van der Waals surface area contributed by atoms with Gasteiger partial charge in [0.15, 0.2) is 0 Å². The third-order valence-corrected chi connectivity index (χ3v) is 4.61. The highest BCUT2D eigenvalue weighted by Gasteiger charge is 2.20. The Morgan fingerprint density at radius 2 is 1.85 bits per heavy atom. The molecule has 1 unspecified atom stereocenters. The first kappa shape index (κ1) is 16.5. The van der Waals surface area contributed by atoms with Crippen LogP contribution in [-0.4, -0.2) is 14.8 Å². The van der Waals surface area contributed by atoms with Crippen LogP contribution in [0.25, 0.3) is 22.0 Å². The number of pyridine rings is 1. The molecule has 0 aliphatic rings. The van der Waals surface area contributed by atoms with Crippen molar-refractivity contribution in [2.75, 3.05) is 0 Å². The number of hydrogen-bond donors (Lipinski definition) is 0. The van der Waals surface area contributed by atoms with Gasteiger partial charge in [-0.3, -0.25) is 9.36 Å². The van der Waals surface area contributed by atoms with Crippen LogP contribution in [0.15, 0.2) is 63.8 Å². The fourth-order valence-electron chi connectivity index (χ4n) is 3.22. The van der Waals surface area contributed by atoms with Crippen molar-refractivity contribution in [1.82, 2.24) is 14.8 Å². The maximum absolute atomic E-state index is 13.0. The Kier molecular flexibility index (Phi) is 4.09. The lowest BCUT2D eigenvalue weighted by atomic mass is 9.99. The molecule has 4 aromatic rings. The minimum atomic E-state index is -0.433. The first-order chi connectivity index (χ1) is 12.5. The molecule has 0 amide bonds. The second-order valence-electron chi connectivity index (χ2n) is 6.22. The van der Waals surface area contributed by atoms with Crippen molar-refractivity contribution in [3.8, 4) is 11.1 Å². The number of benzene rings is 2. The lowest BCUT2D eigenvalue weighted by Crippen LogP contribution is -2.24. The minimum absolute atomic E-state index is 0.0408. The SMILES string of the molecule is Cc1ccc2c(c1)c(-c1ccccc1)cc(=O)n2C(C)c1nnc(Cl)o1. The third kappa shape index (κ3) is 2.80. The molecule has 0 radical (unpaired) electrons. The normalized spacial score (nSPS) is 12.4. The summed E-state index contributed by atoms with van der Waals surface area (Å²) in [5.41, 5.74) is 3.70. The number of fused-ring (bicyclic) bond motifs is 1. The topological polar surface area (TPSA) is 60.9 Å². The van der Waals surface area contributed by atoms with E-state index >= 15 is 0 Å². The Morgan fingerprint density at radius 3 is 2.54 bits per heavy atom. The van der Waals surface area contributed by atoms with Crippen molar-refractivity contribution >= 4 is 22.5 Å². The molecule has 0 saturated heterocycles. The summed E-state index contributed by atoms with van der Waals surface area (Å²) in [5.74, 6) is 0.298. The van der Waals surface area contributed by atoms with Crippen LogP contribution >= 0.6 is 11.6 Å². The number of halogens is 1. The largest absolute Gasteiger partial charge is 0.410 e. The van der Waals surface area contributed by atoms with E-state index in [0.717, 1.165) is 27.6 Å². The Morgan fingerprint density at radius 1 is 1.08 bits per heavy atom. The van der Waals surface area contributed by atoms with E-state index in [-0.39, 0.29) is 10.9 Å². The molecular formula is C20H16ClN3O2. The van der Waals surface area contributed by atoms with Gasteiger partial charge in [-0.25, -0.2) is 0 Å². The first-order valence-corrected chi connectivity index (χ1v) is 8.62. The molecule has 2 aromatic carbocycles. The van der Waals surface area contributed by atoms with Crippen molar-refractivity contribution in [2.24, 2.45) is 0 Å². The highest BCUT2D eigenvalue weighted by molar-refractivity contribution is 6.27. The number of hydrogen-bond acceptors (Lipinski definition) is 4. The van der Waals surface area contributed by atoms with Crippen LogP contribution in [0.3, 0.4) is 0 Å². The van der Waals surface area contributed by atoms with Gasteiger partial charge in [-0.05, 0) is 48.7 Å². The average molecular weight is 366 g/mol. The zero-order valence-electron chi connectivity index (χ0n) is 14.3. The third-order valence-electron chi connectivity index (χ3n) is 4.45. The molecule has 130 valence electrons. The Labute approximate surface area is 154 Å². The van der Waals surface area contributed by atoms with E-state index in [1.807, 2.05) is 56.3 Å². The fraction of sp³-hybridized carbons (Fsp3) is 0.150. The van der Waals surface area contributed by atoms with Crippen LogP contribution < -0.4 is 5.56 Å². The van der Waals surface area contributed by atoms with Crippen LogP contribution in [-0.2, 0) is 0 Å². The molecule has 5 nitrogen and oxygen atoms in total. The van der Waals surface area contributed by atoms with E-state index in [0.29, 0.717) is 5.89 Å². The highest BCUT2D eigenvalue weighted by atomic mass is 35.5. The van der Waals surface area contributed by atoms with Crippen molar-refractivity contribution in [3.05, 3.63) is 81.8 Å². The molecule has 2 heterocycles. The second kappa shape index (κ2) is 6.42. The number of aromatic nitrogens is 3. The number of aryl methyl sites for hydroxylation is 1. The van der Waals surface area contributed by atoms with Gasteiger partial charge in [0, 0.05) is 11.5 Å². The summed E-state index contributed by atoms with van der Waals surface area (Å²) < 4.78 is 6.98. The van der Waals surface area contributed by atoms with E-state index in [1.165, 1.54) is 0 Å². The zero-order chi connectivity index (χ0) is 18.3. The van der Waals surface area contributed by atoms with Crippen LogP contribution in [0.5, 0.6) is 0 Å². The van der Waals surface area contributed by atoms with Gasteiger partial charge >= 0.3 is 5.35 Å². The smallest absolute Gasteiger partial charge is 0.312 e. The van der Waals surface area contributed by atoms with Gasteiger partial charge in [-0.2, -0.15) is 0 Å². The van der Waals surface area contributed by atoms with Crippen LogP contribution in [0.1, 0.15) is 24.4 Å². The molecule has 4 rings (SSSR count). The van der Waals surface area contributed by atoms with Gasteiger partial charge in [0.2, 0.25) is 5.89 Å². The summed E-state index contributed by atoms with van der Waals surface area (Å²) in [6.45, 7) is 3.87. The lowest BCUT2D eigenvalue weighted by molar-refractivity contribution is 0.431. The van der Waals surface area contributed by atoms with Crippen LogP contribution in [0.2, 0.25) is 5.35 Å². The van der Waals surface area contributed by atoms with E-state index in [9.17, 15) is 4.79 Å². The standard InChI is InChI=1S/C20H16ClN3O2/c1-12-8-9-17-16(10-12)15(14-6-4-3-5-7-14)11-18(25)24(17)13(2)19-22-23-20(21)26-19/h3-11,13H,1-2H3. The van der Waals surface area contributed by atoms with Gasteiger partial charge in [0.25, 0.3) is 5.56 Å². The Hall–Kier alpha value is -2.92. The van der Waals surface area contributed by atoms with Crippen molar-refractivity contribution in [3.63, 3.8) is 0 Å². The molecule has 0 bridgehead atoms. The maximum Gasteiger partial charge on any atom is 0.312 e. The summed E-state index contributed by atoms with van der Waals surface area (Å²) in [6, 6.07) is 17.1. The van der Waals surface area contributed by atoms with Gasteiger partial charge in [-0.1, -0.05) is 47.1 Å². The van der Waals surface area contributed by atoms with E-state index in [2.05, 4.69) is 16.3 Å². The molecule has 0 spiro atoms. The summed E-state index contributed by atoms with van der Waals surface area (Å²) in [7, 11) is 0. The van der Waals surface area contributed by atoms with Crippen LogP contribution in [0.4, 0.5) is 0 Å². The molecule has 0 saturated carbocycles. The molecule has 0 aliphatic carbocycles. The summed E-state index contributed by atoms with van der Waals surface area (Å²) >= 11 is 5.75. The number of nitrogens with zero attached hydrogens (tertiary/aromatic N) is 3. The molecule has 6 heteroatoms. The molecule has 1 atom stereocenters. The van der Waals surface area contributed by atoms with E-state index < -0.39 is 6.04 Å². The lowest BCUT2D eigenvalue weighted by Gasteiger charge is -2.17. The highest BCUT2D eigenvalue weighted by Crippen LogP contribution is 2.30. The molecule has 26 heavy (non-hydrogen) atoms. The van der Waals surface area contributed by atoms with Gasteiger partial charge in [0.1, 0.15) is 6.04 Å². The van der Waals surface area contributed by atoms with E-state index in [1.54, 1.807) is 10.6 Å². The summed E-state index contributed by atoms with van der Waals surface area (Å²) in [5, 5.41) is 8.57. The minimum Gasteiger partial charge on any atom is -0.410 e. The quantitative estimate of drug-likeness (QED) is 0.531. The van der Waals surface area contributed by atoms with Gasteiger partial charge in [-0.15, -0.1) is 5.10 Å². The van der Waals surface area contributed by atoms with Crippen molar-refractivity contribution in [2.45, 2.75) is 19.9 Å². The van der Waals surface area contributed by atoms with Crippen molar-refractivity contribution in [1.29, 1.82) is 0 Å². The Balaban J connectivity index is 2.01. The Bertz CT molecular complexity index is 1150. The number of rotatable bonds is 3. The molecular weight excluding hydrogens is 350 g/mol. The second-order valence-corrected chi connectivity index (χ2v) is 6.55. The zero-order valence-corrected chi connectivity index (χ0v) is 15.1. The average Bonchev–Trinajstić information content (AvgIpc) is 3.08. The predicted octanol–water partition coefficient (Wildman–Crippen LogP) is 4.62. The van der Waals surface area contributed by atoms with Crippen LogP contribution in [0, 0.1) is 6.92 Å². The summed E-state index contributed by atoms with van der Waals surface area (Å²) in [6.07, 6.45) is 0.